The fraction of sp³-hybridized carbons (Fsp3) is 0.478. The first-order valence-corrected chi connectivity index (χ1v) is 21.2. The lowest BCUT2D eigenvalue weighted by molar-refractivity contribution is -0.384. The van der Waals surface area contributed by atoms with Gasteiger partial charge >= 0.3 is 6.09 Å². The van der Waals surface area contributed by atoms with E-state index in [2.05, 4.69) is 19.6 Å². The Morgan fingerprint density at radius 1 is 1.03 bits per heavy atom. The minimum absolute atomic E-state index is 0.00386. The molecule has 0 radical (unpaired) electrons. The van der Waals surface area contributed by atoms with Crippen molar-refractivity contribution in [3.05, 3.63) is 117 Å². The maximum atomic E-state index is 13.8. The molecule has 6 unspecified atom stereocenters. The van der Waals surface area contributed by atoms with Gasteiger partial charge in [0.2, 0.25) is 5.79 Å². The van der Waals surface area contributed by atoms with Gasteiger partial charge in [0.05, 0.1) is 29.0 Å². The Hall–Kier alpha value is -4.95. The predicted molar refractivity (Wildman–Crippen MR) is 229 cm³/mol. The number of amides is 1. The Bertz CT molecular complexity index is 2040. The quantitative estimate of drug-likeness (QED) is 0.0369. The van der Waals surface area contributed by atoms with Gasteiger partial charge in [-0.05, 0) is 116 Å². The highest BCUT2D eigenvalue weighted by Crippen LogP contribution is 2.62. The number of nitro benzene ring substituents is 1. The zero-order valence-corrected chi connectivity index (χ0v) is 35.4. The van der Waals surface area contributed by atoms with Gasteiger partial charge in [0, 0.05) is 50.3 Å². The van der Waals surface area contributed by atoms with Crippen LogP contribution in [-0.2, 0) is 20.9 Å². The zero-order chi connectivity index (χ0) is 42.8. The first kappa shape index (κ1) is 44.6. The average Bonchev–Trinajstić information content (AvgIpc) is 3.24. The number of oxime groups is 1. The summed E-state index contributed by atoms with van der Waals surface area (Å²) in [4.78, 5) is 32.2. The normalized spacial score (nSPS) is 23.4. The summed E-state index contributed by atoms with van der Waals surface area (Å²) in [6.07, 6.45) is 7.87. The van der Waals surface area contributed by atoms with Crippen LogP contribution < -0.4 is 9.47 Å². The van der Waals surface area contributed by atoms with Crippen LogP contribution in [0.25, 0.3) is 0 Å². The van der Waals surface area contributed by atoms with Crippen molar-refractivity contribution in [3.63, 3.8) is 0 Å². The lowest BCUT2D eigenvalue weighted by Gasteiger charge is -2.59. The van der Waals surface area contributed by atoms with E-state index in [-0.39, 0.29) is 68.8 Å². The first-order valence-electron chi connectivity index (χ1n) is 20.7. The molecular formula is C46H56ClN3O10. The van der Waals surface area contributed by atoms with Gasteiger partial charge in [0.1, 0.15) is 36.5 Å². The standard InChI is InChI=1S/C46H56ClN3O10/c1-5-23-57-46-42(49(4)45(53)56-24-20-47)28-40(48-58-29-32-13-15-34(16-14-32)50(54)55)38-26-33(10-6-8-21-51)37(11-7-9-22-52)43(44(38)46)39-27-36(18-19-41(39)60-46)59-35-17-12-30(2)31(3)25-35/h5,12-19,25-27,33,37,42-44,51-52H,1,6-11,20-24,28-29H2,2-4H3. The molecule has 1 fully saturated rings. The van der Waals surface area contributed by atoms with Gasteiger partial charge in [0.15, 0.2) is 0 Å². The van der Waals surface area contributed by atoms with Gasteiger partial charge in [-0.25, -0.2) is 4.79 Å². The number of rotatable bonds is 20. The van der Waals surface area contributed by atoms with E-state index < -0.39 is 28.8 Å². The van der Waals surface area contributed by atoms with Gasteiger partial charge < -0.3 is 38.9 Å². The molecule has 0 spiro atoms. The number of hydrogen-bond acceptors (Lipinski definition) is 11. The van der Waals surface area contributed by atoms with Crippen LogP contribution in [0.15, 0.2) is 90.1 Å². The number of ether oxygens (including phenoxy) is 4. The Kier molecular flexibility index (Phi) is 15.3. The molecule has 322 valence electrons. The number of non-ortho nitro benzene ring substituents is 1. The molecule has 1 aliphatic heterocycles. The van der Waals surface area contributed by atoms with Crippen molar-refractivity contribution < 1.29 is 43.7 Å². The third-order valence-corrected chi connectivity index (χ3v) is 12.1. The molecule has 6 atom stereocenters. The number of hydrogen-bond donors (Lipinski definition) is 2. The number of fused-ring (bicyclic) bond motifs is 2. The summed E-state index contributed by atoms with van der Waals surface area (Å²) in [5.41, 5.74) is 5.32. The zero-order valence-electron chi connectivity index (χ0n) is 34.6. The Morgan fingerprint density at radius 2 is 1.75 bits per heavy atom. The molecule has 2 aliphatic carbocycles. The van der Waals surface area contributed by atoms with Crippen molar-refractivity contribution in [2.24, 2.45) is 22.9 Å². The van der Waals surface area contributed by atoms with Crippen LogP contribution in [0.5, 0.6) is 17.2 Å². The molecule has 3 aromatic rings. The number of aliphatic hydroxyl groups excluding tert-OH is 2. The van der Waals surface area contributed by atoms with E-state index >= 15 is 0 Å². The van der Waals surface area contributed by atoms with E-state index in [1.165, 1.54) is 17.0 Å². The number of halogens is 1. The summed E-state index contributed by atoms with van der Waals surface area (Å²) >= 11 is 5.95. The smallest absolute Gasteiger partial charge is 0.410 e. The average molecular weight is 846 g/mol. The summed E-state index contributed by atoms with van der Waals surface area (Å²) in [6, 6.07) is 17.2. The van der Waals surface area contributed by atoms with Gasteiger partial charge in [0.25, 0.3) is 5.69 Å². The van der Waals surface area contributed by atoms with E-state index in [1.807, 2.05) is 43.3 Å². The number of unbranched alkanes of at least 4 members (excludes halogenated alkanes) is 2. The van der Waals surface area contributed by atoms with Gasteiger partial charge in [-0.3, -0.25) is 10.1 Å². The number of aryl methyl sites for hydroxylation is 2. The number of aliphatic hydroxyl groups is 2. The van der Waals surface area contributed by atoms with Crippen molar-refractivity contribution in [1.29, 1.82) is 0 Å². The number of nitro groups is 1. The molecule has 14 heteroatoms. The largest absolute Gasteiger partial charge is 0.459 e. The lowest BCUT2D eigenvalue weighted by atomic mass is 9.55. The minimum atomic E-state index is -1.45. The number of carbonyl (C=O) groups excluding carboxylic acids is 1. The molecule has 0 aromatic heterocycles. The molecule has 6 rings (SSSR count). The second-order valence-electron chi connectivity index (χ2n) is 15.7. The third-order valence-electron chi connectivity index (χ3n) is 12.0. The first-order chi connectivity index (χ1) is 29.0. The topological polar surface area (TPSA) is 162 Å². The SMILES string of the molecule is C=CCOC12Oc3ccc(Oc4ccc(C)c(C)c4)cc3C3C(CCCCO)C(CCCCO)C=C(C(=NOCc4ccc([N+](=O)[O-])cc4)CC1N(C)C(=O)OCCCl)C32. The Morgan fingerprint density at radius 3 is 2.43 bits per heavy atom. The molecule has 1 heterocycles. The summed E-state index contributed by atoms with van der Waals surface area (Å²) in [7, 11) is 1.65. The molecule has 2 N–H and O–H groups in total. The third kappa shape index (κ3) is 9.81. The lowest BCUT2D eigenvalue weighted by Crippen LogP contribution is -2.69. The predicted octanol–water partition coefficient (Wildman–Crippen LogP) is 9.14. The number of likely N-dealkylation sites (N-methyl/N-ethyl adjacent to an activating group) is 1. The molecule has 0 bridgehead atoms. The van der Waals surface area contributed by atoms with Crippen molar-refractivity contribution in [2.75, 3.05) is 39.4 Å². The molecule has 1 amide bonds. The highest BCUT2D eigenvalue weighted by Gasteiger charge is 2.65. The fourth-order valence-electron chi connectivity index (χ4n) is 8.96. The van der Waals surface area contributed by atoms with Crippen LogP contribution >= 0.6 is 11.6 Å². The molecule has 1 saturated carbocycles. The van der Waals surface area contributed by atoms with Crippen LogP contribution in [0.3, 0.4) is 0 Å². The summed E-state index contributed by atoms with van der Waals surface area (Å²) in [5.74, 6) is -0.134. The van der Waals surface area contributed by atoms with E-state index in [4.69, 9.17) is 40.5 Å². The second kappa shape index (κ2) is 20.5. The van der Waals surface area contributed by atoms with Crippen LogP contribution in [0.4, 0.5) is 10.5 Å². The maximum absolute atomic E-state index is 13.8. The van der Waals surface area contributed by atoms with E-state index in [9.17, 15) is 25.1 Å². The number of nitrogens with zero attached hydrogens (tertiary/aromatic N) is 3. The van der Waals surface area contributed by atoms with Crippen LogP contribution in [0, 0.1) is 41.7 Å². The van der Waals surface area contributed by atoms with Gasteiger partial charge in [-0.2, -0.15) is 0 Å². The molecule has 0 saturated heterocycles. The number of alkyl halides is 1. The van der Waals surface area contributed by atoms with Crippen molar-refractivity contribution >= 4 is 29.1 Å². The Balaban J connectivity index is 1.53. The second-order valence-corrected chi connectivity index (χ2v) is 16.1. The molecule has 3 aliphatic rings. The van der Waals surface area contributed by atoms with Gasteiger partial charge in [-0.15, -0.1) is 18.2 Å². The molecule has 13 nitrogen and oxygen atoms in total. The van der Waals surface area contributed by atoms with Crippen molar-refractivity contribution in [2.45, 2.75) is 83.1 Å². The number of benzene rings is 3. The Labute approximate surface area is 356 Å². The van der Waals surface area contributed by atoms with Crippen molar-refractivity contribution in [3.8, 4) is 17.2 Å². The van der Waals surface area contributed by atoms with Gasteiger partial charge in [-0.1, -0.05) is 36.2 Å². The molecule has 3 aromatic carbocycles. The van der Waals surface area contributed by atoms with E-state index in [0.29, 0.717) is 41.4 Å². The monoisotopic (exact) mass is 845 g/mol. The number of carbonyl (C=O) groups is 1. The maximum Gasteiger partial charge on any atom is 0.410 e. The number of allylic oxidation sites excluding steroid dienone is 1. The summed E-state index contributed by atoms with van der Waals surface area (Å²) in [5, 5.41) is 35.8. The fourth-order valence-corrected chi connectivity index (χ4v) is 9.04. The summed E-state index contributed by atoms with van der Waals surface area (Å²) in [6.45, 7) is 8.38. The van der Waals surface area contributed by atoms with Crippen molar-refractivity contribution in [1.82, 2.24) is 4.90 Å². The highest BCUT2D eigenvalue weighted by atomic mass is 35.5. The van der Waals surface area contributed by atoms with E-state index in [0.717, 1.165) is 47.9 Å². The summed E-state index contributed by atoms with van der Waals surface area (Å²) < 4.78 is 26.2. The highest BCUT2D eigenvalue weighted by molar-refractivity contribution is 6.18. The molecule has 60 heavy (non-hydrogen) atoms. The van der Waals surface area contributed by atoms with Crippen LogP contribution in [0.2, 0.25) is 0 Å². The molecular weight excluding hydrogens is 790 g/mol. The minimum Gasteiger partial charge on any atom is -0.459 e. The van der Waals surface area contributed by atoms with Crippen LogP contribution in [0.1, 0.15) is 73.1 Å². The van der Waals surface area contributed by atoms with Crippen LogP contribution in [-0.4, -0.2) is 83.0 Å². The van der Waals surface area contributed by atoms with E-state index in [1.54, 1.807) is 25.3 Å².